The standard InChI is InChI=1S/C20H17ClN4O4S/c1-11(12-2-6-14(21)7-3-12)23-24-20(22)30-16-10-17(26)25(18(16)27)15-8-4-13(5-9-15)19(28)29/h2-9,16H,10H2,1H3,(H2,22,24)(H,28,29). The Morgan fingerprint density at radius 2 is 1.70 bits per heavy atom. The number of benzene rings is 2. The van der Waals surface area contributed by atoms with E-state index < -0.39 is 23.0 Å². The van der Waals surface area contributed by atoms with Crippen LogP contribution in [0.3, 0.4) is 0 Å². The fraction of sp³-hybridized carbons (Fsp3) is 0.150. The highest BCUT2D eigenvalue weighted by molar-refractivity contribution is 8.14. The molecule has 1 saturated heterocycles. The van der Waals surface area contributed by atoms with E-state index in [-0.39, 0.29) is 17.2 Å². The van der Waals surface area contributed by atoms with E-state index in [0.29, 0.717) is 16.4 Å². The monoisotopic (exact) mass is 444 g/mol. The van der Waals surface area contributed by atoms with Crippen LogP contribution in [0.2, 0.25) is 5.02 Å². The van der Waals surface area contributed by atoms with Crippen molar-refractivity contribution in [2.45, 2.75) is 18.6 Å². The Kier molecular flexibility index (Phi) is 6.53. The summed E-state index contributed by atoms with van der Waals surface area (Å²) in [4.78, 5) is 37.0. The molecule has 0 aliphatic carbocycles. The summed E-state index contributed by atoms with van der Waals surface area (Å²) in [5.41, 5.74) is 7.70. The number of thioether (sulfide) groups is 1. The van der Waals surface area contributed by atoms with Gasteiger partial charge in [-0.25, -0.2) is 9.69 Å². The number of halogens is 1. The number of nitrogens with zero attached hydrogens (tertiary/aromatic N) is 3. The normalized spacial score (nSPS) is 17.5. The maximum Gasteiger partial charge on any atom is 0.335 e. The lowest BCUT2D eigenvalue weighted by molar-refractivity contribution is -0.121. The molecule has 0 saturated carbocycles. The summed E-state index contributed by atoms with van der Waals surface area (Å²) in [5.74, 6) is -1.92. The van der Waals surface area contributed by atoms with Crippen LogP contribution in [-0.2, 0) is 9.59 Å². The van der Waals surface area contributed by atoms with Crippen molar-refractivity contribution in [2.24, 2.45) is 15.9 Å². The number of anilines is 1. The molecule has 154 valence electrons. The fourth-order valence-electron chi connectivity index (χ4n) is 2.76. The summed E-state index contributed by atoms with van der Waals surface area (Å²) in [6, 6.07) is 12.6. The average molecular weight is 445 g/mol. The number of carboxylic acid groups (broad SMARTS) is 1. The van der Waals surface area contributed by atoms with E-state index in [2.05, 4.69) is 10.2 Å². The van der Waals surface area contributed by atoms with Gasteiger partial charge in [-0.15, -0.1) is 5.10 Å². The minimum Gasteiger partial charge on any atom is -0.478 e. The van der Waals surface area contributed by atoms with E-state index in [1.165, 1.54) is 24.3 Å². The molecule has 0 radical (unpaired) electrons. The Morgan fingerprint density at radius 3 is 2.30 bits per heavy atom. The molecule has 8 nitrogen and oxygen atoms in total. The number of nitrogens with two attached hydrogens (primary N) is 1. The molecule has 1 atom stereocenters. The number of rotatable bonds is 5. The van der Waals surface area contributed by atoms with E-state index in [4.69, 9.17) is 22.4 Å². The highest BCUT2D eigenvalue weighted by Crippen LogP contribution is 2.30. The van der Waals surface area contributed by atoms with Crippen molar-refractivity contribution in [3.63, 3.8) is 0 Å². The zero-order valence-electron chi connectivity index (χ0n) is 15.8. The van der Waals surface area contributed by atoms with Gasteiger partial charge >= 0.3 is 5.97 Å². The lowest BCUT2D eigenvalue weighted by Crippen LogP contribution is -2.31. The average Bonchev–Trinajstić information content (AvgIpc) is 2.99. The van der Waals surface area contributed by atoms with Gasteiger partial charge in [0.05, 0.1) is 17.0 Å². The van der Waals surface area contributed by atoms with E-state index >= 15 is 0 Å². The van der Waals surface area contributed by atoms with Crippen molar-refractivity contribution >= 4 is 57.7 Å². The van der Waals surface area contributed by atoms with Gasteiger partial charge in [0.15, 0.2) is 5.17 Å². The Balaban J connectivity index is 1.69. The molecule has 2 aromatic carbocycles. The van der Waals surface area contributed by atoms with Crippen LogP contribution in [0.25, 0.3) is 0 Å². The van der Waals surface area contributed by atoms with Crippen LogP contribution >= 0.6 is 23.4 Å². The van der Waals surface area contributed by atoms with Gasteiger partial charge in [0, 0.05) is 11.4 Å². The quantitative estimate of drug-likeness (QED) is 0.316. The number of aromatic carboxylic acids is 1. The van der Waals surface area contributed by atoms with Crippen molar-refractivity contribution in [3.05, 3.63) is 64.7 Å². The lowest BCUT2D eigenvalue weighted by Gasteiger charge is -2.14. The number of amides is 2. The number of carboxylic acids is 1. The number of hydrogen-bond donors (Lipinski definition) is 2. The number of imide groups is 1. The minimum atomic E-state index is -1.09. The van der Waals surface area contributed by atoms with Crippen molar-refractivity contribution in [3.8, 4) is 0 Å². The van der Waals surface area contributed by atoms with Crippen LogP contribution in [0.4, 0.5) is 5.69 Å². The first-order valence-corrected chi connectivity index (χ1v) is 10.0. The molecule has 0 spiro atoms. The van der Waals surface area contributed by atoms with Crippen molar-refractivity contribution in [1.29, 1.82) is 0 Å². The molecule has 10 heteroatoms. The highest BCUT2D eigenvalue weighted by atomic mass is 35.5. The fourth-order valence-corrected chi connectivity index (χ4v) is 3.70. The van der Waals surface area contributed by atoms with Crippen molar-refractivity contribution < 1.29 is 19.5 Å². The molecule has 2 amide bonds. The molecule has 1 fully saturated rings. The molecule has 3 N–H and O–H groups in total. The Bertz CT molecular complexity index is 1050. The third-order valence-corrected chi connectivity index (χ3v) is 5.53. The van der Waals surface area contributed by atoms with Gasteiger partial charge in [0.25, 0.3) is 0 Å². The summed E-state index contributed by atoms with van der Waals surface area (Å²) in [7, 11) is 0. The number of hydrogen-bond acceptors (Lipinski definition) is 6. The second-order valence-corrected chi connectivity index (χ2v) is 8.02. The van der Waals surface area contributed by atoms with Crippen LogP contribution in [-0.4, -0.2) is 39.0 Å². The number of carbonyl (C=O) groups is 3. The molecule has 0 aromatic heterocycles. The topological polar surface area (TPSA) is 125 Å². The van der Waals surface area contributed by atoms with E-state index in [1.807, 2.05) is 0 Å². The third kappa shape index (κ3) is 4.87. The smallest absolute Gasteiger partial charge is 0.335 e. The zero-order chi connectivity index (χ0) is 21.8. The first-order chi connectivity index (χ1) is 14.3. The van der Waals surface area contributed by atoms with E-state index in [9.17, 15) is 14.4 Å². The zero-order valence-corrected chi connectivity index (χ0v) is 17.4. The second-order valence-electron chi connectivity index (χ2n) is 6.36. The Labute approximate surface area is 181 Å². The second kappa shape index (κ2) is 9.10. The first kappa shape index (κ1) is 21.5. The predicted octanol–water partition coefficient (Wildman–Crippen LogP) is 3.14. The molecule has 30 heavy (non-hydrogen) atoms. The highest BCUT2D eigenvalue weighted by Gasteiger charge is 2.40. The van der Waals surface area contributed by atoms with Crippen molar-refractivity contribution in [1.82, 2.24) is 0 Å². The summed E-state index contributed by atoms with van der Waals surface area (Å²) in [5, 5.41) is 16.9. The SMILES string of the molecule is CC(=NN=C(N)SC1CC(=O)N(c2ccc(C(=O)O)cc2)C1=O)c1ccc(Cl)cc1. The summed E-state index contributed by atoms with van der Waals surface area (Å²) in [6.45, 7) is 1.76. The van der Waals surface area contributed by atoms with Gasteiger partial charge in [-0.1, -0.05) is 35.5 Å². The Morgan fingerprint density at radius 1 is 1.10 bits per heavy atom. The summed E-state index contributed by atoms with van der Waals surface area (Å²) >= 11 is 6.82. The van der Waals surface area contributed by atoms with Gasteiger partial charge in [-0.3, -0.25) is 9.59 Å². The number of amidine groups is 1. The lowest BCUT2D eigenvalue weighted by atomic mass is 10.1. The molecule has 0 bridgehead atoms. The largest absolute Gasteiger partial charge is 0.478 e. The number of carbonyl (C=O) groups excluding carboxylic acids is 2. The minimum absolute atomic E-state index is 0.0414. The van der Waals surface area contributed by atoms with Crippen molar-refractivity contribution in [2.75, 3.05) is 4.90 Å². The van der Waals surface area contributed by atoms with Gasteiger partial charge in [0.1, 0.15) is 5.25 Å². The van der Waals surface area contributed by atoms with Crippen LogP contribution < -0.4 is 10.6 Å². The third-order valence-electron chi connectivity index (χ3n) is 4.30. The molecule has 1 unspecified atom stereocenters. The predicted molar refractivity (Wildman–Crippen MR) is 117 cm³/mol. The molecule has 1 aliphatic heterocycles. The maximum atomic E-state index is 12.7. The van der Waals surface area contributed by atoms with Crippen LogP contribution in [0, 0.1) is 0 Å². The van der Waals surface area contributed by atoms with Gasteiger partial charge in [0.2, 0.25) is 11.8 Å². The molecular weight excluding hydrogens is 428 g/mol. The maximum absolute atomic E-state index is 12.7. The van der Waals surface area contributed by atoms with E-state index in [0.717, 1.165) is 22.2 Å². The van der Waals surface area contributed by atoms with Gasteiger partial charge in [-0.05, 0) is 48.9 Å². The van der Waals surface area contributed by atoms with Gasteiger partial charge in [-0.2, -0.15) is 5.10 Å². The van der Waals surface area contributed by atoms with Gasteiger partial charge < -0.3 is 10.8 Å². The molecule has 1 heterocycles. The first-order valence-electron chi connectivity index (χ1n) is 8.76. The molecular formula is C20H17ClN4O4S. The Hall–Kier alpha value is -3.17. The summed E-state index contributed by atoms with van der Waals surface area (Å²) < 4.78 is 0. The molecule has 2 aromatic rings. The molecule has 3 rings (SSSR count). The van der Waals surface area contributed by atoms with Crippen LogP contribution in [0.5, 0.6) is 0 Å². The van der Waals surface area contributed by atoms with Crippen LogP contribution in [0.15, 0.2) is 58.7 Å². The van der Waals surface area contributed by atoms with Crippen LogP contribution in [0.1, 0.15) is 29.3 Å². The molecule has 1 aliphatic rings. The van der Waals surface area contributed by atoms with E-state index in [1.54, 1.807) is 31.2 Å². The summed E-state index contributed by atoms with van der Waals surface area (Å²) in [6.07, 6.45) is -0.0414.